The zero-order valence-corrected chi connectivity index (χ0v) is 11.5. The molecule has 0 aromatic rings. The highest BCUT2D eigenvalue weighted by Gasteiger charge is 2.29. The van der Waals surface area contributed by atoms with Gasteiger partial charge in [0.15, 0.2) is 0 Å². The largest absolute Gasteiger partial charge is 0.469 e. The third-order valence-corrected chi connectivity index (χ3v) is 4.05. The predicted molar refractivity (Wildman–Crippen MR) is 70.4 cm³/mol. The van der Waals surface area contributed by atoms with Gasteiger partial charge in [-0.2, -0.15) is 0 Å². The van der Waals surface area contributed by atoms with Crippen LogP contribution in [0.15, 0.2) is 0 Å². The highest BCUT2D eigenvalue weighted by molar-refractivity contribution is 5.79. The lowest BCUT2D eigenvalue weighted by atomic mass is 9.97. The van der Waals surface area contributed by atoms with Crippen molar-refractivity contribution in [2.24, 2.45) is 11.7 Å². The van der Waals surface area contributed by atoms with Crippen LogP contribution >= 0.6 is 0 Å². The Balaban J connectivity index is 1.75. The van der Waals surface area contributed by atoms with Crippen molar-refractivity contribution in [1.29, 1.82) is 0 Å². The fourth-order valence-corrected chi connectivity index (χ4v) is 2.83. The van der Waals surface area contributed by atoms with Gasteiger partial charge in [0.05, 0.1) is 19.6 Å². The number of piperidine rings is 1. The summed E-state index contributed by atoms with van der Waals surface area (Å²) in [6.07, 6.45) is 2.38. The van der Waals surface area contributed by atoms with E-state index in [1.807, 2.05) is 4.90 Å². The Morgan fingerprint density at radius 1 is 1.21 bits per heavy atom. The molecule has 0 aromatic carbocycles. The average Bonchev–Trinajstić information content (AvgIpc) is 2.83. The maximum absolute atomic E-state index is 12.1. The summed E-state index contributed by atoms with van der Waals surface area (Å²) < 4.78 is 4.74. The molecule has 0 spiro atoms. The summed E-state index contributed by atoms with van der Waals surface area (Å²) >= 11 is 0. The number of carbonyl (C=O) groups is 2. The number of nitrogens with zero attached hydrogens (tertiary/aromatic N) is 2. The number of likely N-dealkylation sites (tertiary alicyclic amines) is 2. The van der Waals surface area contributed by atoms with Crippen LogP contribution in [0.1, 0.15) is 19.3 Å². The van der Waals surface area contributed by atoms with Gasteiger partial charge in [-0.1, -0.05) is 0 Å². The number of methoxy groups -OCH3 is 1. The van der Waals surface area contributed by atoms with Crippen LogP contribution in [0.3, 0.4) is 0 Å². The van der Waals surface area contributed by atoms with Gasteiger partial charge in [0.25, 0.3) is 0 Å². The monoisotopic (exact) mass is 269 g/mol. The van der Waals surface area contributed by atoms with Crippen LogP contribution in [0, 0.1) is 5.92 Å². The maximum atomic E-state index is 12.1. The minimum Gasteiger partial charge on any atom is -0.469 e. The molecular formula is C13H23N3O3. The van der Waals surface area contributed by atoms with E-state index in [1.165, 1.54) is 7.11 Å². The molecule has 6 heteroatoms. The van der Waals surface area contributed by atoms with E-state index < -0.39 is 0 Å². The summed E-state index contributed by atoms with van der Waals surface area (Å²) in [6.45, 7) is 3.48. The number of hydrogen-bond acceptors (Lipinski definition) is 5. The average molecular weight is 269 g/mol. The summed E-state index contributed by atoms with van der Waals surface area (Å²) in [6, 6.07) is 0.206. The molecule has 2 saturated heterocycles. The van der Waals surface area contributed by atoms with Crippen molar-refractivity contribution in [3.8, 4) is 0 Å². The zero-order chi connectivity index (χ0) is 13.8. The molecule has 19 heavy (non-hydrogen) atoms. The summed E-state index contributed by atoms with van der Waals surface area (Å²) in [4.78, 5) is 27.5. The van der Waals surface area contributed by atoms with Gasteiger partial charge in [-0.3, -0.25) is 14.5 Å². The second-order valence-corrected chi connectivity index (χ2v) is 5.46. The molecule has 2 rings (SSSR count). The second-order valence-electron chi connectivity index (χ2n) is 5.46. The SMILES string of the molecule is COC(=O)C1CCN(C(=O)CN2CC[C@H](N)C2)CC1. The third-order valence-electron chi connectivity index (χ3n) is 4.05. The van der Waals surface area contributed by atoms with E-state index in [4.69, 9.17) is 10.5 Å². The fraction of sp³-hybridized carbons (Fsp3) is 0.846. The molecule has 0 aliphatic carbocycles. The Morgan fingerprint density at radius 2 is 1.89 bits per heavy atom. The van der Waals surface area contributed by atoms with E-state index in [9.17, 15) is 9.59 Å². The molecule has 2 aliphatic rings. The fourth-order valence-electron chi connectivity index (χ4n) is 2.83. The van der Waals surface area contributed by atoms with Crippen molar-refractivity contribution in [3.05, 3.63) is 0 Å². The topological polar surface area (TPSA) is 75.9 Å². The van der Waals surface area contributed by atoms with Gasteiger partial charge < -0.3 is 15.4 Å². The smallest absolute Gasteiger partial charge is 0.308 e. The van der Waals surface area contributed by atoms with Gasteiger partial charge in [0, 0.05) is 32.2 Å². The van der Waals surface area contributed by atoms with Crippen molar-refractivity contribution in [2.75, 3.05) is 39.8 Å². The van der Waals surface area contributed by atoms with Crippen LogP contribution < -0.4 is 5.73 Å². The molecule has 6 nitrogen and oxygen atoms in total. The molecule has 1 amide bonds. The summed E-state index contributed by atoms with van der Waals surface area (Å²) in [5, 5.41) is 0. The number of ether oxygens (including phenoxy) is 1. The summed E-state index contributed by atoms with van der Waals surface area (Å²) in [5.41, 5.74) is 5.83. The number of nitrogens with two attached hydrogens (primary N) is 1. The van der Waals surface area contributed by atoms with Crippen LogP contribution in [-0.2, 0) is 14.3 Å². The first-order valence-electron chi connectivity index (χ1n) is 6.93. The first-order valence-corrected chi connectivity index (χ1v) is 6.93. The normalized spacial score (nSPS) is 25.6. The Kier molecular flexibility index (Phi) is 4.76. The lowest BCUT2D eigenvalue weighted by molar-refractivity contribution is -0.149. The molecule has 2 N–H and O–H groups in total. The van der Waals surface area contributed by atoms with Crippen LogP contribution in [0.25, 0.3) is 0 Å². The van der Waals surface area contributed by atoms with Crippen LogP contribution in [0.2, 0.25) is 0 Å². The van der Waals surface area contributed by atoms with Crippen molar-refractivity contribution in [3.63, 3.8) is 0 Å². The van der Waals surface area contributed by atoms with Gasteiger partial charge in [-0.05, 0) is 19.3 Å². The van der Waals surface area contributed by atoms with E-state index >= 15 is 0 Å². The van der Waals surface area contributed by atoms with Crippen molar-refractivity contribution in [1.82, 2.24) is 9.80 Å². The van der Waals surface area contributed by atoms with Gasteiger partial charge in [-0.15, -0.1) is 0 Å². The lowest BCUT2D eigenvalue weighted by Crippen LogP contribution is -2.45. The Bertz CT molecular complexity index is 340. The highest BCUT2D eigenvalue weighted by Crippen LogP contribution is 2.19. The second kappa shape index (κ2) is 6.34. The summed E-state index contributed by atoms with van der Waals surface area (Å²) in [7, 11) is 1.41. The van der Waals surface area contributed by atoms with Crippen LogP contribution in [-0.4, -0.2) is 67.6 Å². The number of esters is 1. The highest BCUT2D eigenvalue weighted by atomic mass is 16.5. The molecule has 2 heterocycles. The molecule has 108 valence electrons. The Morgan fingerprint density at radius 3 is 2.42 bits per heavy atom. The van der Waals surface area contributed by atoms with E-state index in [2.05, 4.69) is 4.90 Å². The molecule has 0 aromatic heterocycles. The first kappa shape index (κ1) is 14.3. The molecule has 0 bridgehead atoms. The molecule has 0 radical (unpaired) electrons. The molecule has 0 unspecified atom stereocenters. The van der Waals surface area contributed by atoms with Gasteiger partial charge in [0.1, 0.15) is 0 Å². The first-order chi connectivity index (χ1) is 9.10. The third kappa shape index (κ3) is 3.67. The molecular weight excluding hydrogens is 246 g/mol. The van der Waals surface area contributed by atoms with Crippen molar-refractivity contribution < 1.29 is 14.3 Å². The van der Waals surface area contributed by atoms with E-state index in [1.54, 1.807) is 0 Å². The van der Waals surface area contributed by atoms with Crippen LogP contribution in [0.5, 0.6) is 0 Å². The van der Waals surface area contributed by atoms with Gasteiger partial charge >= 0.3 is 5.97 Å². The van der Waals surface area contributed by atoms with E-state index in [0.717, 1.165) is 19.5 Å². The van der Waals surface area contributed by atoms with E-state index in [0.29, 0.717) is 32.5 Å². The van der Waals surface area contributed by atoms with E-state index in [-0.39, 0.29) is 23.8 Å². The molecule has 2 fully saturated rings. The molecule has 1 atom stereocenters. The predicted octanol–water partition coefficient (Wildman–Crippen LogP) is -0.569. The molecule has 2 aliphatic heterocycles. The number of carbonyl (C=O) groups excluding carboxylic acids is 2. The minimum atomic E-state index is -0.155. The van der Waals surface area contributed by atoms with Crippen molar-refractivity contribution >= 4 is 11.9 Å². The minimum absolute atomic E-state index is 0.0470. The van der Waals surface area contributed by atoms with Crippen molar-refractivity contribution in [2.45, 2.75) is 25.3 Å². The quantitative estimate of drug-likeness (QED) is 0.695. The molecule has 0 saturated carbocycles. The number of amides is 1. The lowest BCUT2D eigenvalue weighted by Gasteiger charge is -2.31. The standard InChI is InChI=1S/C13H23N3O3/c1-19-13(18)10-2-6-16(7-3-10)12(17)9-15-5-4-11(14)8-15/h10-11H,2-9,14H2,1H3/t11-/m0/s1. The zero-order valence-electron chi connectivity index (χ0n) is 11.5. The number of hydrogen-bond donors (Lipinski definition) is 1. The van der Waals surface area contributed by atoms with Gasteiger partial charge in [-0.25, -0.2) is 0 Å². The van der Waals surface area contributed by atoms with Crippen LogP contribution in [0.4, 0.5) is 0 Å². The number of rotatable bonds is 3. The maximum Gasteiger partial charge on any atom is 0.308 e. The van der Waals surface area contributed by atoms with Gasteiger partial charge in [0.2, 0.25) is 5.91 Å². The Hall–Kier alpha value is -1.14. The summed E-state index contributed by atoms with van der Waals surface area (Å²) in [5.74, 6) is -0.0516. The Labute approximate surface area is 113 Å².